The molecule has 0 spiro atoms. The predicted molar refractivity (Wildman–Crippen MR) is 127 cm³/mol. The highest BCUT2D eigenvalue weighted by Crippen LogP contribution is 2.44. The number of nitrogens with one attached hydrogen (secondary N) is 1. The molecule has 2 aromatic rings. The van der Waals surface area contributed by atoms with Crippen LogP contribution in [-0.2, 0) is 19.1 Å². The highest BCUT2D eigenvalue weighted by atomic mass is 32.2. The normalized spacial score (nSPS) is 25.6. The first-order valence-electron chi connectivity index (χ1n) is 11.2. The Kier molecular flexibility index (Phi) is 5.99. The van der Waals surface area contributed by atoms with Gasteiger partial charge in [-0.05, 0) is 29.2 Å². The topological polar surface area (TPSA) is 105 Å². The molecule has 9 heteroatoms. The molecule has 1 aliphatic carbocycles. The minimum Gasteiger partial charge on any atom is -0.480 e. The van der Waals surface area contributed by atoms with Gasteiger partial charge in [0.1, 0.15) is 12.6 Å². The van der Waals surface area contributed by atoms with Crippen molar-refractivity contribution < 1.29 is 29.0 Å². The standard InChI is InChI=1S/C25H26N2O6S/c1-25(23(30)27-14-34-12-20(27)22(28)29)13-32-11-21(25)26-24(31)33-10-19-17-8-4-2-6-15(17)16-7-3-5-9-18(16)19/h2-9,19-21H,10-14H2,1H3,(H,26,31)(H,28,29)/t20-,21?,25?/m0/s1. The molecule has 3 atom stereocenters. The number of carboxylic acid groups (broad SMARTS) is 1. The first-order chi connectivity index (χ1) is 16.4. The number of hydrogen-bond donors (Lipinski definition) is 2. The summed E-state index contributed by atoms with van der Waals surface area (Å²) in [4.78, 5) is 39.0. The van der Waals surface area contributed by atoms with Gasteiger partial charge in [-0.15, -0.1) is 11.8 Å². The van der Waals surface area contributed by atoms with E-state index in [1.807, 2.05) is 24.3 Å². The van der Waals surface area contributed by atoms with Crippen molar-refractivity contribution in [1.29, 1.82) is 0 Å². The summed E-state index contributed by atoms with van der Waals surface area (Å²) in [7, 11) is 0. The molecule has 0 aromatic heterocycles. The number of nitrogens with zero attached hydrogens (tertiary/aromatic N) is 1. The summed E-state index contributed by atoms with van der Waals surface area (Å²) in [5.41, 5.74) is 3.46. The predicted octanol–water partition coefficient (Wildman–Crippen LogP) is 2.92. The van der Waals surface area contributed by atoms with Crippen LogP contribution in [0.2, 0.25) is 0 Å². The van der Waals surface area contributed by atoms with E-state index in [2.05, 4.69) is 29.6 Å². The molecule has 3 aliphatic rings. The molecule has 178 valence electrons. The van der Waals surface area contributed by atoms with Gasteiger partial charge in [0.25, 0.3) is 0 Å². The number of carboxylic acids is 1. The summed E-state index contributed by atoms with van der Waals surface area (Å²) in [5.74, 6) is -0.761. The fraction of sp³-hybridized carbons (Fsp3) is 0.400. The van der Waals surface area contributed by atoms with E-state index in [4.69, 9.17) is 9.47 Å². The molecular formula is C25H26N2O6S. The number of hydrogen-bond acceptors (Lipinski definition) is 6. The molecule has 2 aromatic carbocycles. The number of carbonyl (C=O) groups is 3. The van der Waals surface area contributed by atoms with E-state index in [1.54, 1.807) is 6.92 Å². The van der Waals surface area contributed by atoms with Gasteiger partial charge in [-0.2, -0.15) is 0 Å². The molecule has 2 saturated heterocycles. The van der Waals surface area contributed by atoms with Crippen molar-refractivity contribution in [1.82, 2.24) is 10.2 Å². The zero-order chi connectivity index (χ0) is 23.9. The van der Waals surface area contributed by atoms with Crippen LogP contribution in [0.3, 0.4) is 0 Å². The van der Waals surface area contributed by atoms with Crippen molar-refractivity contribution in [3.63, 3.8) is 0 Å². The van der Waals surface area contributed by atoms with Gasteiger partial charge in [0.15, 0.2) is 0 Å². The van der Waals surface area contributed by atoms with E-state index in [9.17, 15) is 19.5 Å². The lowest BCUT2D eigenvalue weighted by Crippen LogP contribution is -2.56. The lowest BCUT2D eigenvalue weighted by Gasteiger charge is -2.34. The van der Waals surface area contributed by atoms with Crippen LogP contribution >= 0.6 is 11.8 Å². The quantitative estimate of drug-likeness (QED) is 0.675. The largest absolute Gasteiger partial charge is 0.480 e. The van der Waals surface area contributed by atoms with Crippen LogP contribution in [-0.4, -0.2) is 71.5 Å². The maximum atomic E-state index is 13.3. The first-order valence-corrected chi connectivity index (χ1v) is 12.4. The smallest absolute Gasteiger partial charge is 0.407 e. The molecule has 0 radical (unpaired) electrons. The molecule has 2 amide bonds. The maximum Gasteiger partial charge on any atom is 0.407 e. The molecule has 2 fully saturated rings. The van der Waals surface area contributed by atoms with Gasteiger partial charge in [-0.25, -0.2) is 9.59 Å². The number of fused-ring (bicyclic) bond motifs is 3. The second-order valence-electron chi connectivity index (χ2n) is 9.08. The average Bonchev–Trinajstić information content (AvgIpc) is 3.54. The molecular weight excluding hydrogens is 456 g/mol. The molecule has 2 heterocycles. The number of aliphatic carboxylic acids is 1. The summed E-state index contributed by atoms with van der Waals surface area (Å²) < 4.78 is 11.2. The third-order valence-corrected chi connectivity index (χ3v) is 8.02. The molecule has 8 nitrogen and oxygen atoms in total. The lowest BCUT2D eigenvalue weighted by molar-refractivity contribution is -0.152. The molecule has 34 heavy (non-hydrogen) atoms. The van der Waals surface area contributed by atoms with Gasteiger partial charge in [-0.1, -0.05) is 48.5 Å². The summed E-state index contributed by atoms with van der Waals surface area (Å²) in [6.45, 7) is 2.14. The van der Waals surface area contributed by atoms with Gasteiger partial charge >= 0.3 is 12.1 Å². The monoisotopic (exact) mass is 482 g/mol. The van der Waals surface area contributed by atoms with Gasteiger partial charge < -0.3 is 24.8 Å². The number of carbonyl (C=O) groups excluding carboxylic acids is 2. The van der Waals surface area contributed by atoms with Crippen molar-refractivity contribution in [3.05, 3.63) is 59.7 Å². The number of amides is 2. The van der Waals surface area contributed by atoms with Crippen LogP contribution < -0.4 is 5.32 Å². The molecule has 0 bridgehead atoms. The highest BCUT2D eigenvalue weighted by molar-refractivity contribution is 7.99. The van der Waals surface area contributed by atoms with Crippen LogP contribution in [0.1, 0.15) is 24.0 Å². The average molecular weight is 483 g/mol. The van der Waals surface area contributed by atoms with Gasteiger partial charge in [0, 0.05) is 11.7 Å². The van der Waals surface area contributed by atoms with Crippen LogP contribution in [0.5, 0.6) is 0 Å². The Balaban J connectivity index is 1.26. The van der Waals surface area contributed by atoms with Crippen LogP contribution in [0.4, 0.5) is 4.79 Å². The Bertz CT molecular complexity index is 1090. The van der Waals surface area contributed by atoms with Crippen molar-refractivity contribution in [2.45, 2.75) is 24.9 Å². The second-order valence-corrected chi connectivity index (χ2v) is 10.1. The molecule has 5 rings (SSSR count). The van der Waals surface area contributed by atoms with Crippen molar-refractivity contribution in [2.75, 3.05) is 31.5 Å². The van der Waals surface area contributed by atoms with Crippen LogP contribution in [0.15, 0.2) is 48.5 Å². The van der Waals surface area contributed by atoms with E-state index in [0.29, 0.717) is 11.6 Å². The Hall–Kier alpha value is -3.04. The maximum absolute atomic E-state index is 13.3. The Morgan fingerprint density at radius 2 is 1.79 bits per heavy atom. The Morgan fingerprint density at radius 1 is 1.15 bits per heavy atom. The number of rotatable bonds is 5. The van der Waals surface area contributed by atoms with Crippen LogP contribution in [0, 0.1) is 5.41 Å². The van der Waals surface area contributed by atoms with Crippen molar-refractivity contribution in [2.24, 2.45) is 5.41 Å². The fourth-order valence-electron chi connectivity index (χ4n) is 5.04. The summed E-state index contributed by atoms with van der Waals surface area (Å²) in [6, 6.07) is 14.7. The summed E-state index contributed by atoms with van der Waals surface area (Å²) in [6.07, 6.45) is -0.623. The molecule has 2 N–H and O–H groups in total. The first kappa shape index (κ1) is 22.7. The van der Waals surface area contributed by atoms with Crippen molar-refractivity contribution in [3.8, 4) is 11.1 Å². The zero-order valence-electron chi connectivity index (χ0n) is 18.7. The Labute approximate surface area is 201 Å². The van der Waals surface area contributed by atoms with E-state index in [-0.39, 0.29) is 31.6 Å². The highest BCUT2D eigenvalue weighted by Gasteiger charge is 2.52. The summed E-state index contributed by atoms with van der Waals surface area (Å²) >= 11 is 1.40. The van der Waals surface area contributed by atoms with Gasteiger partial charge in [-0.3, -0.25) is 4.79 Å². The second kappa shape index (κ2) is 8.96. The van der Waals surface area contributed by atoms with Gasteiger partial charge in [0.05, 0.1) is 30.5 Å². The molecule has 2 aliphatic heterocycles. The van der Waals surface area contributed by atoms with E-state index < -0.39 is 29.6 Å². The van der Waals surface area contributed by atoms with Gasteiger partial charge in [0.2, 0.25) is 5.91 Å². The SMILES string of the molecule is CC1(C(=O)N2CSC[C@H]2C(=O)O)COCC1NC(=O)OCC1c2ccccc2-c2ccccc21. The summed E-state index contributed by atoms with van der Waals surface area (Å²) in [5, 5.41) is 12.3. The minimum absolute atomic E-state index is 0.0658. The number of alkyl carbamates (subject to hydrolysis) is 1. The van der Waals surface area contributed by atoms with E-state index in [0.717, 1.165) is 22.3 Å². The number of benzene rings is 2. The number of thioether (sulfide) groups is 1. The Morgan fingerprint density at radius 3 is 2.44 bits per heavy atom. The lowest BCUT2D eigenvalue weighted by atomic mass is 9.83. The van der Waals surface area contributed by atoms with E-state index in [1.165, 1.54) is 16.7 Å². The third-order valence-electron chi connectivity index (χ3n) is 7.01. The van der Waals surface area contributed by atoms with E-state index >= 15 is 0 Å². The molecule has 0 saturated carbocycles. The third kappa shape index (κ3) is 3.82. The van der Waals surface area contributed by atoms with Crippen molar-refractivity contribution >= 4 is 29.7 Å². The minimum atomic E-state index is -1.07. The zero-order valence-corrected chi connectivity index (χ0v) is 19.5. The number of ether oxygens (including phenoxy) is 2. The fourth-order valence-corrected chi connectivity index (χ4v) is 6.19. The molecule has 2 unspecified atom stereocenters. The van der Waals surface area contributed by atoms with Crippen LogP contribution in [0.25, 0.3) is 11.1 Å².